The van der Waals surface area contributed by atoms with Gasteiger partial charge in [-0.05, 0) is 6.92 Å². The van der Waals surface area contributed by atoms with Crippen molar-refractivity contribution in [2.45, 2.75) is 13.5 Å². The van der Waals surface area contributed by atoms with Gasteiger partial charge in [-0.1, -0.05) is 0 Å². The predicted molar refractivity (Wildman–Crippen MR) is 61.2 cm³/mol. The van der Waals surface area contributed by atoms with Crippen molar-refractivity contribution in [3.05, 3.63) is 34.4 Å². The minimum Gasteiger partial charge on any atom is -0.363 e. The van der Waals surface area contributed by atoms with E-state index in [1.54, 1.807) is 0 Å². The molecule has 0 spiro atoms. The van der Waals surface area contributed by atoms with Gasteiger partial charge in [-0.25, -0.2) is 26.0 Å². The Morgan fingerprint density at radius 3 is 2.15 bits per heavy atom. The zero-order valence-electron chi connectivity index (χ0n) is 10.4. The Kier molecular flexibility index (Phi) is 4.03. The van der Waals surface area contributed by atoms with Crippen LogP contribution in [0.25, 0.3) is 0 Å². The van der Waals surface area contributed by atoms with Crippen molar-refractivity contribution < 1.29 is 30.7 Å². The van der Waals surface area contributed by atoms with Gasteiger partial charge < -0.3 is 4.74 Å². The van der Waals surface area contributed by atoms with E-state index in [0.717, 1.165) is 11.2 Å². The third kappa shape index (κ3) is 2.52. The van der Waals surface area contributed by atoms with E-state index in [1.165, 1.54) is 0 Å². The highest BCUT2D eigenvalue weighted by molar-refractivity contribution is 7.88. The Morgan fingerprint density at radius 1 is 1.10 bits per heavy atom. The van der Waals surface area contributed by atoms with Gasteiger partial charge in [-0.15, -0.1) is 0 Å². The van der Waals surface area contributed by atoms with E-state index in [1.807, 2.05) is 0 Å². The number of hydrogen-bond donors (Lipinski definition) is 0. The average Bonchev–Trinajstić information content (AvgIpc) is 2.40. The molecule has 2 rings (SSSR count). The van der Waals surface area contributed by atoms with Crippen molar-refractivity contribution in [2.24, 2.45) is 0 Å². The molecule has 0 saturated carbocycles. The van der Waals surface area contributed by atoms with Crippen LogP contribution in [0.3, 0.4) is 0 Å². The van der Waals surface area contributed by atoms with E-state index >= 15 is 0 Å². The van der Waals surface area contributed by atoms with Crippen LogP contribution in [0, 0.1) is 30.2 Å². The third-order valence-corrected chi connectivity index (χ3v) is 4.58. The van der Waals surface area contributed by atoms with Gasteiger partial charge in [0.1, 0.15) is 0 Å². The number of benzene rings is 1. The Balaban J connectivity index is 2.44. The molecule has 1 fully saturated rings. The van der Waals surface area contributed by atoms with Crippen LogP contribution in [-0.2, 0) is 21.3 Å². The number of ether oxygens (including phenoxy) is 1. The highest BCUT2D eigenvalue weighted by Crippen LogP contribution is 2.26. The molecular weight excluding hydrogens is 302 g/mol. The Morgan fingerprint density at radius 2 is 1.65 bits per heavy atom. The van der Waals surface area contributed by atoms with Crippen LogP contribution in [0.5, 0.6) is 0 Å². The zero-order valence-corrected chi connectivity index (χ0v) is 11.2. The summed E-state index contributed by atoms with van der Waals surface area (Å²) in [5, 5.41) is 0. The van der Waals surface area contributed by atoms with Gasteiger partial charge in [0.15, 0.2) is 29.2 Å². The molecule has 112 valence electrons. The summed E-state index contributed by atoms with van der Waals surface area (Å²) in [6, 6.07) is 0. The highest BCUT2D eigenvalue weighted by Gasteiger charge is 2.31. The Labute approximate surface area is 113 Å². The van der Waals surface area contributed by atoms with E-state index in [2.05, 4.69) is 0 Å². The molecule has 0 aromatic heterocycles. The second-order valence-electron chi connectivity index (χ2n) is 4.33. The topological polar surface area (TPSA) is 46.6 Å². The average molecular weight is 313 g/mol. The molecule has 1 aliphatic heterocycles. The second kappa shape index (κ2) is 5.30. The smallest absolute Gasteiger partial charge is 0.238 e. The quantitative estimate of drug-likeness (QED) is 0.616. The zero-order chi connectivity index (χ0) is 15.1. The van der Waals surface area contributed by atoms with E-state index in [4.69, 9.17) is 4.74 Å². The van der Waals surface area contributed by atoms with E-state index in [-0.39, 0.29) is 13.2 Å². The summed E-state index contributed by atoms with van der Waals surface area (Å²) in [6.45, 7) is 0.0151. The lowest BCUT2D eigenvalue weighted by molar-refractivity contribution is 0.129. The summed E-state index contributed by atoms with van der Waals surface area (Å²) in [5.41, 5.74) is -1.73. The molecule has 0 atom stereocenters. The van der Waals surface area contributed by atoms with Crippen molar-refractivity contribution in [1.29, 1.82) is 0 Å². The molecule has 1 aliphatic rings. The minimum atomic E-state index is -3.86. The van der Waals surface area contributed by atoms with Crippen LogP contribution in [0.4, 0.5) is 17.6 Å². The maximum Gasteiger partial charge on any atom is 0.238 e. The van der Waals surface area contributed by atoms with Gasteiger partial charge in [0.05, 0.1) is 6.61 Å². The first-order chi connectivity index (χ1) is 9.25. The lowest BCUT2D eigenvalue weighted by Crippen LogP contribution is -2.41. The lowest BCUT2D eigenvalue weighted by atomic mass is 10.1. The van der Waals surface area contributed by atoms with Crippen LogP contribution in [0.1, 0.15) is 11.1 Å². The summed E-state index contributed by atoms with van der Waals surface area (Å²) >= 11 is 0. The number of rotatable bonds is 2. The molecule has 1 saturated heterocycles. The van der Waals surface area contributed by atoms with Crippen LogP contribution in [0.15, 0.2) is 0 Å². The summed E-state index contributed by atoms with van der Waals surface area (Å²) in [6.07, 6.45) is 0. The normalized spacial score (nSPS) is 19.2. The summed E-state index contributed by atoms with van der Waals surface area (Å²) in [5.74, 6) is -6.84. The van der Waals surface area contributed by atoms with Crippen LogP contribution >= 0.6 is 0 Å². The largest absolute Gasteiger partial charge is 0.363 e. The van der Waals surface area contributed by atoms with Crippen molar-refractivity contribution >= 4 is 10.0 Å². The summed E-state index contributed by atoms with van der Waals surface area (Å²) < 4.78 is 82.8. The van der Waals surface area contributed by atoms with Gasteiger partial charge in [-0.3, -0.25) is 0 Å². The lowest BCUT2D eigenvalue weighted by Gasteiger charge is -2.26. The van der Waals surface area contributed by atoms with Gasteiger partial charge in [0.25, 0.3) is 0 Å². The first kappa shape index (κ1) is 15.2. The SMILES string of the molecule is Cc1c(F)c(F)c(CN2CCOCS2(=O)=O)c(F)c1F. The molecular formula is C11H11F4NO3S. The standard InChI is InChI=1S/C11H11F4NO3S/c1-6-8(12)10(14)7(11(15)9(6)13)4-16-2-3-19-5-20(16,17)18/h2-5H2,1H3. The summed E-state index contributed by atoms with van der Waals surface area (Å²) in [7, 11) is -3.86. The first-order valence-electron chi connectivity index (χ1n) is 5.62. The fourth-order valence-corrected chi connectivity index (χ4v) is 2.98. The molecule has 0 amide bonds. The van der Waals surface area contributed by atoms with Crippen LogP contribution < -0.4 is 0 Å². The fourth-order valence-electron chi connectivity index (χ4n) is 1.82. The number of hydrogen-bond acceptors (Lipinski definition) is 3. The van der Waals surface area contributed by atoms with Crippen molar-refractivity contribution in [2.75, 3.05) is 19.1 Å². The van der Waals surface area contributed by atoms with Crippen molar-refractivity contribution in [3.63, 3.8) is 0 Å². The fraction of sp³-hybridized carbons (Fsp3) is 0.455. The molecule has 9 heteroatoms. The molecule has 0 radical (unpaired) electrons. The van der Waals surface area contributed by atoms with E-state index < -0.39 is 56.9 Å². The number of sulfonamides is 1. The predicted octanol–water partition coefficient (Wildman–Crippen LogP) is 1.67. The van der Waals surface area contributed by atoms with Crippen LogP contribution in [0.2, 0.25) is 0 Å². The molecule has 20 heavy (non-hydrogen) atoms. The third-order valence-electron chi connectivity index (χ3n) is 3.02. The van der Waals surface area contributed by atoms with Crippen LogP contribution in [-0.4, -0.2) is 31.8 Å². The van der Waals surface area contributed by atoms with Gasteiger partial charge >= 0.3 is 0 Å². The molecule has 1 aromatic carbocycles. The summed E-state index contributed by atoms with van der Waals surface area (Å²) in [4.78, 5) is 0. The van der Waals surface area contributed by atoms with Gasteiger partial charge in [0.2, 0.25) is 10.0 Å². The van der Waals surface area contributed by atoms with Crippen molar-refractivity contribution in [1.82, 2.24) is 4.31 Å². The highest BCUT2D eigenvalue weighted by atomic mass is 32.2. The van der Waals surface area contributed by atoms with E-state index in [0.29, 0.717) is 0 Å². The first-order valence-corrected chi connectivity index (χ1v) is 7.23. The minimum absolute atomic E-state index is 0.0410. The Hall–Kier alpha value is -1.19. The van der Waals surface area contributed by atoms with Gasteiger partial charge in [-0.2, -0.15) is 4.31 Å². The van der Waals surface area contributed by atoms with Crippen molar-refractivity contribution in [3.8, 4) is 0 Å². The molecule has 4 nitrogen and oxygen atoms in total. The molecule has 0 aliphatic carbocycles. The molecule has 1 aromatic rings. The number of nitrogens with zero attached hydrogens (tertiary/aromatic N) is 1. The maximum absolute atomic E-state index is 13.7. The molecule has 0 bridgehead atoms. The number of halogens is 4. The molecule has 0 unspecified atom stereocenters. The monoisotopic (exact) mass is 313 g/mol. The Bertz CT molecular complexity index is 619. The second-order valence-corrected chi connectivity index (χ2v) is 6.25. The van der Waals surface area contributed by atoms with E-state index in [9.17, 15) is 26.0 Å². The molecule has 1 heterocycles. The maximum atomic E-state index is 13.7. The molecule has 0 N–H and O–H groups in total. The van der Waals surface area contributed by atoms with Gasteiger partial charge in [0, 0.05) is 24.2 Å².